The van der Waals surface area contributed by atoms with Gasteiger partial charge < -0.3 is 25.0 Å². The minimum absolute atomic E-state index is 0.175. The summed E-state index contributed by atoms with van der Waals surface area (Å²) in [7, 11) is 0. The molecule has 1 saturated heterocycles. The van der Waals surface area contributed by atoms with Crippen molar-refractivity contribution >= 4 is 23.5 Å². The number of aliphatic carboxylic acids is 2. The van der Waals surface area contributed by atoms with Crippen molar-refractivity contribution < 1.29 is 64.8 Å². The number of nitrogens with zero attached hydrogens (tertiary/aromatic N) is 2. The number of alkyl halides is 6. The Balaban J connectivity index is 0.000000376. The van der Waals surface area contributed by atoms with Gasteiger partial charge >= 0.3 is 24.3 Å². The molecule has 1 unspecified atom stereocenters. The molecule has 10 nitrogen and oxygen atoms in total. The highest BCUT2D eigenvalue weighted by Gasteiger charge is 2.39. The van der Waals surface area contributed by atoms with Gasteiger partial charge in [-0.05, 0) is 91.5 Å². The molecule has 3 N–H and O–H groups in total. The van der Waals surface area contributed by atoms with Crippen LogP contribution in [0.4, 0.5) is 36.4 Å². The third-order valence-electron chi connectivity index (χ3n) is 6.90. The van der Waals surface area contributed by atoms with E-state index in [0.29, 0.717) is 35.8 Å². The molecule has 0 saturated carbocycles. The van der Waals surface area contributed by atoms with Gasteiger partial charge in [0.25, 0.3) is 0 Å². The van der Waals surface area contributed by atoms with E-state index in [-0.39, 0.29) is 18.3 Å². The number of carboxylic acid groups (broad SMARTS) is 2. The number of benzene rings is 2. The highest BCUT2D eigenvalue weighted by Crippen LogP contribution is 2.33. The molecule has 260 valence electrons. The Morgan fingerprint density at radius 3 is 2.08 bits per heavy atom. The quantitative estimate of drug-likeness (QED) is 0.262. The number of hydrogen-bond donors (Lipinski definition) is 3. The van der Waals surface area contributed by atoms with Crippen LogP contribution in [0.15, 0.2) is 60.9 Å². The van der Waals surface area contributed by atoms with Crippen molar-refractivity contribution in [2.45, 2.75) is 31.6 Å². The molecule has 3 heterocycles. The fourth-order valence-corrected chi connectivity index (χ4v) is 4.53. The molecule has 5 rings (SSSR count). The van der Waals surface area contributed by atoms with Gasteiger partial charge in [0.05, 0.1) is 11.6 Å². The number of halogens is 7. The zero-order chi connectivity index (χ0) is 35.5. The molecule has 48 heavy (non-hydrogen) atoms. The largest absolute Gasteiger partial charge is 0.492 e. The van der Waals surface area contributed by atoms with Crippen LogP contribution in [-0.2, 0) is 20.8 Å². The maximum Gasteiger partial charge on any atom is 0.490 e. The SMILES string of the molecule is O=C(Nc1cc(-c2ccncc2)ccc1OCCN1CCCC1)C1COc2ccc(F)cc2C1.O=C(O)C(F)(F)F.O=C(O)C(F)(F)F. The number of carbonyl (C=O) groups is 3. The molecule has 0 spiro atoms. The number of pyridine rings is 1. The zero-order valence-electron chi connectivity index (χ0n) is 25.0. The summed E-state index contributed by atoms with van der Waals surface area (Å²) in [6.45, 7) is 3.88. The number of fused-ring (bicyclic) bond motifs is 1. The second-order valence-electron chi connectivity index (χ2n) is 10.4. The molecule has 1 amide bonds. The van der Waals surface area contributed by atoms with Gasteiger partial charge in [0.2, 0.25) is 5.91 Å². The van der Waals surface area contributed by atoms with Crippen LogP contribution in [0.5, 0.6) is 11.5 Å². The topological polar surface area (TPSA) is 138 Å². The van der Waals surface area contributed by atoms with Crippen molar-refractivity contribution in [2.24, 2.45) is 5.92 Å². The van der Waals surface area contributed by atoms with Crippen molar-refractivity contribution in [3.63, 3.8) is 0 Å². The first kappa shape index (κ1) is 37.5. The predicted molar refractivity (Wildman–Crippen MR) is 156 cm³/mol. The summed E-state index contributed by atoms with van der Waals surface area (Å²) in [6, 6.07) is 14.1. The second-order valence-corrected chi connectivity index (χ2v) is 10.4. The van der Waals surface area contributed by atoms with Crippen LogP contribution < -0.4 is 14.8 Å². The van der Waals surface area contributed by atoms with Crippen LogP contribution in [0.25, 0.3) is 11.1 Å². The Hall–Kier alpha value is -4.93. The van der Waals surface area contributed by atoms with E-state index in [0.717, 1.165) is 30.8 Å². The van der Waals surface area contributed by atoms with Gasteiger partial charge in [0.1, 0.15) is 30.5 Å². The normalized spacial score (nSPS) is 15.8. The van der Waals surface area contributed by atoms with Crippen LogP contribution in [0.1, 0.15) is 18.4 Å². The minimum Gasteiger partial charge on any atom is -0.492 e. The monoisotopic (exact) mass is 689 g/mol. The first-order chi connectivity index (χ1) is 22.5. The van der Waals surface area contributed by atoms with Crippen LogP contribution in [0.3, 0.4) is 0 Å². The van der Waals surface area contributed by atoms with Crippen LogP contribution in [0, 0.1) is 11.7 Å². The maximum absolute atomic E-state index is 13.7. The lowest BCUT2D eigenvalue weighted by Gasteiger charge is -2.25. The lowest BCUT2D eigenvalue weighted by molar-refractivity contribution is -0.193. The number of nitrogens with one attached hydrogen (secondary N) is 1. The number of rotatable bonds is 7. The zero-order valence-corrected chi connectivity index (χ0v) is 25.0. The summed E-state index contributed by atoms with van der Waals surface area (Å²) in [6.07, 6.45) is -3.79. The molecule has 2 aliphatic heterocycles. The van der Waals surface area contributed by atoms with Crippen molar-refractivity contribution in [1.82, 2.24) is 9.88 Å². The number of carboxylic acids is 2. The summed E-state index contributed by atoms with van der Waals surface area (Å²) >= 11 is 0. The molecule has 3 aromatic rings. The van der Waals surface area contributed by atoms with Gasteiger partial charge in [-0.1, -0.05) is 6.07 Å². The number of hydrogen-bond acceptors (Lipinski definition) is 7. The van der Waals surface area contributed by atoms with Gasteiger partial charge in [-0.15, -0.1) is 0 Å². The molecule has 1 atom stereocenters. The third-order valence-corrected chi connectivity index (χ3v) is 6.90. The Morgan fingerprint density at radius 2 is 1.50 bits per heavy atom. The fraction of sp³-hybridized carbons (Fsp3) is 0.355. The van der Waals surface area contributed by atoms with Crippen molar-refractivity contribution in [2.75, 3.05) is 38.2 Å². The van der Waals surface area contributed by atoms with Gasteiger partial charge in [0, 0.05) is 18.9 Å². The molecule has 17 heteroatoms. The van der Waals surface area contributed by atoms with Crippen LogP contribution >= 0.6 is 0 Å². The summed E-state index contributed by atoms with van der Waals surface area (Å²) in [5.41, 5.74) is 3.28. The average molecular weight is 690 g/mol. The lowest BCUT2D eigenvalue weighted by Crippen LogP contribution is -2.33. The summed E-state index contributed by atoms with van der Waals surface area (Å²) in [5, 5.41) is 17.3. The summed E-state index contributed by atoms with van der Waals surface area (Å²) in [4.78, 5) is 37.5. The second kappa shape index (κ2) is 16.8. The number of anilines is 1. The Morgan fingerprint density at radius 1 is 0.896 bits per heavy atom. The van der Waals surface area contributed by atoms with Gasteiger partial charge in [-0.3, -0.25) is 14.7 Å². The van der Waals surface area contributed by atoms with E-state index in [1.165, 1.54) is 25.0 Å². The van der Waals surface area contributed by atoms with Crippen molar-refractivity contribution in [3.05, 3.63) is 72.3 Å². The molecule has 2 aromatic carbocycles. The lowest BCUT2D eigenvalue weighted by atomic mass is 9.95. The molecule has 0 bridgehead atoms. The number of carbonyl (C=O) groups excluding carboxylic acids is 1. The van der Waals surface area contributed by atoms with Crippen LogP contribution in [0.2, 0.25) is 0 Å². The van der Waals surface area contributed by atoms with Gasteiger partial charge in [0.15, 0.2) is 0 Å². The number of amides is 1. The molecular weight excluding hydrogens is 659 g/mol. The molecular formula is C31H30F7N3O7. The van der Waals surface area contributed by atoms with E-state index in [1.807, 2.05) is 30.3 Å². The van der Waals surface area contributed by atoms with E-state index in [2.05, 4.69) is 15.2 Å². The first-order valence-electron chi connectivity index (χ1n) is 14.3. The fourth-order valence-electron chi connectivity index (χ4n) is 4.53. The third kappa shape index (κ3) is 11.7. The van der Waals surface area contributed by atoms with E-state index in [1.54, 1.807) is 18.5 Å². The van der Waals surface area contributed by atoms with Crippen molar-refractivity contribution in [1.29, 1.82) is 0 Å². The predicted octanol–water partition coefficient (Wildman–Crippen LogP) is 5.82. The molecule has 0 radical (unpaired) electrons. The highest BCUT2D eigenvalue weighted by molar-refractivity contribution is 5.95. The maximum atomic E-state index is 13.7. The summed E-state index contributed by atoms with van der Waals surface area (Å²) < 4.78 is 89.0. The van der Waals surface area contributed by atoms with Crippen molar-refractivity contribution in [3.8, 4) is 22.6 Å². The Bertz CT molecular complexity index is 1520. The standard InChI is InChI=1S/C27H28FN3O3.2C2HF3O2/c28-23-4-6-25-21(16-23)15-22(18-34-25)27(32)30-24-17-20(19-7-9-29-10-8-19)3-5-26(24)33-14-13-31-11-1-2-12-31;2*3-2(4,5)1(6)7/h3-10,16-17,22H,1-2,11-15,18H2,(H,30,32);2*(H,6,7). The number of likely N-dealkylation sites (tertiary alicyclic amines) is 1. The van der Waals surface area contributed by atoms with Crippen LogP contribution in [-0.4, -0.2) is 83.1 Å². The Labute approximate surface area is 269 Å². The smallest absolute Gasteiger partial charge is 0.490 e. The minimum atomic E-state index is -5.08. The van der Waals surface area contributed by atoms with E-state index in [4.69, 9.17) is 29.3 Å². The highest BCUT2D eigenvalue weighted by atomic mass is 19.4. The van der Waals surface area contributed by atoms with Gasteiger partial charge in [-0.25, -0.2) is 14.0 Å². The van der Waals surface area contributed by atoms with Gasteiger partial charge in [-0.2, -0.15) is 26.3 Å². The van der Waals surface area contributed by atoms with E-state index >= 15 is 0 Å². The average Bonchev–Trinajstić information content (AvgIpc) is 3.55. The molecule has 1 fully saturated rings. The van der Waals surface area contributed by atoms with E-state index in [9.17, 15) is 35.5 Å². The van der Waals surface area contributed by atoms with E-state index < -0.39 is 30.2 Å². The number of aromatic nitrogens is 1. The molecule has 0 aliphatic carbocycles. The number of ether oxygens (including phenoxy) is 2. The summed E-state index contributed by atoms with van der Waals surface area (Å²) in [5.74, 6) is -5.17. The Kier molecular flexibility index (Phi) is 13.1. The first-order valence-corrected chi connectivity index (χ1v) is 14.3. The molecule has 1 aromatic heterocycles. The molecule has 2 aliphatic rings.